The number of furan rings is 1. The summed E-state index contributed by atoms with van der Waals surface area (Å²) < 4.78 is 33.6. The minimum Gasteiger partial charge on any atom is -0.467 e. The summed E-state index contributed by atoms with van der Waals surface area (Å²) in [4.78, 5) is 14.7. The number of halogens is 1. The van der Waals surface area contributed by atoms with Crippen molar-refractivity contribution in [2.75, 3.05) is 6.26 Å². The lowest BCUT2D eigenvalue weighted by atomic mass is 10.1. The Labute approximate surface area is 168 Å². The van der Waals surface area contributed by atoms with E-state index in [2.05, 4.69) is 0 Å². The summed E-state index contributed by atoms with van der Waals surface area (Å²) >= 11 is 6.19. The topological polar surface area (TPSA) is 76.8 Å². The highest BCUT2D eigenvalue weighted by atomic mass is 35.5. The van der Waals surface area contributed by atoms with Crippen LogP contribution in [0.15, 0.2) is 71.3 Å². The quantitative estimate of drug-likeness (QED) is 0.538. The fourth-order valence-corrected chi connectivity index (χ4v) is 3.38. The maximum atomic E-state index is 13.1. The Hall–Kier alpha value is -2.77. The number of hydrogen-bond donors (Lipinski definition) is 0. The summed E-state index contributed by atoms with van der Waals surface area (Å²) in [6.45, 7) is 0.292. The van der Waals surface area contributed by atoms with Gasteiger partial charge in [0, 0.05) is 5.56 Å². The Balaban J connectivity index is 1.95. The smallest absolute Gasteiger partial charge is 0.306 e. The molecule has 3 rings (SSSR count). The van der Waals surface area contributed by atoms with Crippen LogP contribution in [0.1, 0.15) is 21.7 Å². The zero-order valence-electron chi connectivity index (χ0n) is 15.0. The summed E-state index contributed by atoms with van der Waals surface area (Å²) in [7, 11) is -3.71. The zero-order valence-corrected chi connectivity index (χ0v) is 16.6. The summed E-state index contributed by atoms with van der Waals surface area (Å²) in [5.41, 5.74) is 0.886. The van der Waals surface area contributed by atoms with Crippen LogP contribution >= 0.6 is 11.6 Å². The zero-order chi connectivity index (χ0) is 20.1. The van der Waals surface area contributed by atoms with Crippen molar-refractivity contribution >= 4 is 27.6 Å². The molecular formula is C20H18ClNO5S. The van der Waals surface area contributed by atoms with Crippen LogP contribution in [0.3, 0.4) is 0 Å². The fourth-order valence-electron chi connectivity index (χ4n) is 2.68. The fraction of sp³-hybridized carbons (Fsp3) is 0.150. The Bertz CT molecular complexity index is 1060. The lowest BCUT2D eigenvalue weighted by Gasteiger charge is -2.23. The molecular weight excluding hydrogens is 402 g/mol. The first-order chi connectivity index (χ1) is 13.3. The predicted molar refractivity (Wildman–Crippen MR) is 106 cm³/mol. The Kier molecular flexibility index (Phi) is 6.06. The Morgan fingerprint density at radius 3 is 2.43 bits per heavy atom. The molecule has 1 aromatic heterocycles. The molecule has 0 N–H and O–H groups in total. The molecule has 3 aromatic rings. The van der Waals surface area contributed by atoms with E-state index in [0.717, 1.165) is 6.26 Å². The molecule has 1 heterocycles. The molecule has 0 unspecified atom stereocenters. The second kappa shape index (κ2) is 8.50. The van der Waals surface area contributed by atoms with Gasteiger partial charge in [-0.15, -0.1) is 0 Å². The second-order valence-electron chi connectivity index (χ2n) is 6.12. The van der Waals surface area contributed by atoms with Crippen LogP contribution in [0, 0.1) is 0 Å². The van der Waals surface area contributed by atoms with Gasteiger partial charge in [-0.25, -0.2) is 0 Å². The number of hydrogen-bond acceptors (Lipinski definition) is 5. The summed E-state index contributed by atoms with van der Waals surface area (Å²) in [5.74, 6) is 0.444. The van der Waals surface area contributed by atoms with Gasteiger partial charge < -0.3 is 13.5 Å². The van der Waals surface area contributed by atoms with Gasteiger partial charge in [0.05, 0.1) is 36.2 Å². The largest absolute Gasteiger partial charge is 0.467 e. The van der Waals surface area contributed by atoms with Crippen molar-refractivity contribution in [2.24, 2.45) is 0 Å². The minimum atomic E-state index is -3.71. The van der Waals surface area contributed by atoms with E-state index in [1.807, 2.05) is 0 Å². The molecule has 8 heteroatoms. The number of carbonyl (C=O) groups is 1. The molecule has 28 heavy (non-hydrogen) atoms. The maximum Gasteiger partial charge on any atom is 0.306 e. The van der Waals surface area contributed by atoms with Crippen molar-refractivity contribution in [3.8, 4) is 5.75 Å². The highest BCUT2D eigenvalue weighted by molar-refractivity contribution is 7.86. The van der Waals surface area contributed by atoms with E-state index in [9.17, 15) is 13.2 Å². The first kappa shape index (κ1) is 20.0. The monoisotopic (exact) mass is 419 g/mol. The van der Waals surface area contributed by atoms with Crippen molar-refractivity contribution in [3.63, 3.8) is 0 Å². The van der Waals surface area contributed by atoms with Crippen LogP contribution in [-0.2, 0) is 23.2 Å². The molecule has 0 fully saturated rings. The van der Waals surface area contributed by atoms with Crippen molar-refractivity contribution in [1.29, 1.82) is 0 Å². The molecule has 0 aliphatic carbocycles. The Morgan fingerprint density at radius 2 is 1.75 bits per heavy atom. The molecule has 0 radical (unpaired) electrons. The van der Waals surface area contributed by atoms with E-state index in [4.69, 9.17) is 20.2 Å². The minimum absolute atomic E-state index is 0.108. The molecule has 0 atom stereocenters. The van der Waals surface area contributed by atoms with Crippen LogP contribution in [0.4, 0.5) is 0 Å². The third kappa shape index (κ3) is 5.15. The van der Waals surface area contributed by atoms with E-state index in [-0.39, 0.29) is 24.7 Å². The average molecular weight is 420 g/mol. The Morgan fingerprint density at radius 1 is 1.04 bits per heavy atom. The van der Waals surface area contributed by atoms with Crippen molar-refractivity contribution in [1.82, 2.24) is 4.90 Å². The number of carbonyl (C=O) groups excluding carboxylic acids is 1. The molecule has 0 saturated carbocycles. The van der Waals surface area contributed by atoms with Crippen LogP contribution in [0.5, 0.6) is 5.75 Å². The second-order valence-corrected chi connectivity index (χ2v) is 8.10. The molecule has 0 bridgehead atoms. The molecule has 0 aliphatic rings. The van der Waals surface area contributed by atoms with Crippen LogP contribution < -0.4 is 4.18 Å². The number of rotatable bonds is 7. The van der Waals surface area contributed by atoms with Gasteiger partial charge in [-0.05, 0) is 30.3 Å². The first-order valence-corrected chi connectivity index (χ1v) is 10.6. The van der Waals surface area contributed by atoms with Gasteiger partial charge >= 0.3 is 10.1 Å². The standard InChI is InChI=1S/C20H18ClNO5S/c1-28(24,25)27-19-11-5-2-7-15(19)13-22(14-16-8-6-12-26-16)20(23)17-9-3-4-10-18(17)21/h2-12H,13-14H2,1H3. The number of para-hydroxylation sites is 1. The van der Waals surface area contributed by atoms with E-state index in [1.54, 1.807) is 60.7 Å². The molecule has 6 nitrogen and oxygen atoms in total. The lowest BCUT2D eigenvalue weighted by molar-refractivity contribution is 0.0717. The molecule has 0 aliphatic heterocycles. The molecule has 0 saturated heterocycles. The average Bonchev–Trinajstić information content (AvgIpc) is 3.14. The summed E-state index contributed by atoms with van der Waals surface area (Å²) in [5, 5.41) is 0.331. The van der Waals surface area contributed by atoms with Gasteiger partial charge in [0.25, 0.3) is 5.91 Å². The molecule has 146 valence electrons. The van der Waals surface area contributed by atoms with E-state index in [0.29, 0.717) is 21.9 Å². The highest BCUT2D eigenvalue weighted by Gasteiger charge is 2.22. The molecule has 1 amide bonds. The van der Waals surface area contributed by atoms with Gasteiger partial charge in [0.2, 0.25) is 0 Å². The van der Waals surface area contributed by atoms with Gasteiger partial charge in [-0.1, -0.05) is 41.9 Å². The van der Waals surface area contributed by atoms with Gasteiger partial charge in [-0.2, -0.15) is 8.42 Å². The van der Waals surface area contributed by atoms with E-state index < -0.39 is 10.1 Å². The first-order valence-electron chi connectivity index (χ1n) is 8.37. The summed E-state index contributed by atoms with van der Waals surface area (Å²) in [6.07, 6.45) is 2.49. The SMILES string of the molecule is CS(=O)(=O)Oc1ccccc1CN(Cc1ccco1)C(=O)c1ccccc1Cl. The van der Waals surface area contributed by atoms with Crippen molar-refractivity contribution in [3.05, 3.63) is 88.8 Å². The normalized spacial score (nSPS) is 11.2. The number of amides is 1. The highest BCUT2D eigenvalue weighted by Crippen LogP contribution is 2.25. The van der Waals surface area contributed by atoms with Gasteiger partial charge in [-0.3, -0.25) is 4.79 Å². The maximum absolute atomic E-state index is 13.1. The number of nitrogens with zero attached hydrogens (tertiary/aromatic N) is 1. The third-order valence-corrected chi connectivity index (χ3v) is 4.71. The molecule has 0 spiro atoms. The summed E-state index contributed by atoms with van der Waals surface area (Å²) in [6, 6.07) is 16.9. The lowest BCUT2D eigenvalue weighted by Crippen LogP contribution is -2.30. The third-order valence-electron chi connectivity index (χ3n) is 3.89. The predicted octanol–water partition coefficient (Wildman–Crippen LogP) is 4.11. The van der Waals surface area contributed by atoms with Crippen LogP contribution in [0.2, 0.25) is 5.02 Å². The van der Waals surface area contributed by atoms with E-state index in [1.165, 1.54) is 11.2 Å². The van der Waals surface area contributed by atoms with Crippen molar-refractivity contribution in [2.45, 2.75) is 13.1 Å². The van der Waals surface area contributed by atoms with Gasteiger partial charge in [0.15, 0.2) is 0 Å². The van der Waals surface area contributed by atoms with Crippen LogP contribution in [0.25, 0.3) is 0 Å². The van der Waals surface area contributed by atoms with Crippen LogP contribution in [-0.4, -0.2) is 25.5 Å². The molecule has 2 aromatic carbocycles. The van der Waals surface area contributed by atoms with Crippen molar-refractivity contribution < 1.29 is 21.8 Å². The number of benzene rings is 2. The van der Waals surface area contributed by atoms with Gasteiger partial charge in [0.1, 0.15) is 11.5 Å². The van der Waals surface area contributed by atoms with E-state index >= 15 is 0 Å².